The van der Waals surface area contributed by atoms with E-state index < -0.39 is 6.10 Å². The van der Waals surface area contributed by atoms with Gasteiger partial charge in [-0.25, -0.2) is 4.98 Å². The molecule has 1 atom stereocenters. The molecule has 0 aliphatic rings. The molecule has 0 aliphatic carbocycles. The van der Waals surface area contributed by atoms with Crippen LogP contribution in [0.3, 0.4) is 0 Å². The summed E-state index contributed by atoms with van der Waals surface area (Å²) in [5, 5.41) is 5.24. The Morgan fingerprint density at radius 2 is 1.90 bits per heavy atom. The van der Waals surface area contributed by atoms with Gasteiger partial charge >= 0.3 is 0 Å². The number of carbonyl (C=O) groups is 1. The van der Waals surface area contributed by atoms with Gasteiger partial charge in [-0.1, -0.05) is 13.0 Å². The second kappa shape index (κ2) is 9.93. The zero-order valence-electron chi connectivity index (χ0n) is 16.7. The molecule has 0 saturated heterocycles. The van der Waals surface area contributed by atoms with Crippen LogP contribution in [-0.4, -0.2) is 30.7 Å². The Morgan fingerprint density at radius 3 is 2.62 bits per heavy atom. The lowest BCUT2D eigenvalue weighted by Gasteiger charge is -2.14. The van der Waals surface area contributed by atoms with Gasteiger partial charge in [0, 0.05) is 17.0 Å². The van der Waals surface area contributed by atoms with Gasteiger partial charge in [-0.3, -0.25) is 10.1 Å². The fourth-order valence-electron chi connectivity index (χ4n) is 2.54. The lowest BCUT2D eigenvalue weighted by Crippen LogP contribution is -2.30. The predicted octanol–water partition coefficient (Wildman–Crippen LogP) is 5.01. The smallest absolute Gasteiger partial charge is 0.266 e. The maximum Gasteiger partial charge on any atom is 0.266 e. The number of nitrogens with zero attached hydrogens (tertiary/aromatic N) is 1. The molecule has 0 radical (unpaired) electrons. The van der Waals surface area contributed by atoms with Crippen LogP contribution in [0.15, 0.2) is 53.9 Å². The van der Waals surface area contributed by atoms with Crippen LogP contribution in [0.2, 0.25) is 0 Å². The topological polar surface area (TPSA) is 69.7 Å². The summed E-state index contributed by atoms with van der Waals surface area (Å²) in [5.74, 6) is 1.81. The zero-order valence-corrected chi connectivity index (χ0v) is 17.5. The molecule has 1 N–H and O–H groups in total. The maximum atomic E-state index is 12.4. The number of anilines is 1. The fraction of sp³-hybridized carbons (Fsp3) is 0.273. The van der Waals surface area contributed by atoms with Crippen LogP contribution in [-0.2, 0) is 4.79 Å². The van der Waals surface area contributed by atoms with Crippen molar-refractivity contribution in [1.82, 2.24) is 4.98 Å². The summed E-state index contributed by atoms with van der Waals surface area (Å²) in [6.45, 7) is 4.46. The Labute approximate surface area is 174 Å². The van der Waals surface area contributed by atoms with Gasteiger partial charge in [0.25, 0.3) is 5.91 Å². The van der Waals surface area contributed by atoms with Gasteiger partial charge in [0.1, 0.15) is 17.2 Å². The number of methoxy groups -OCH3 is 1. The molecule has 0 aliphatic heterocycles. The minimum Gasteiger partial charge on any atom is -0.497 e. The highest BCUT2D eigenvalue weighted by Gasteiger charge is 2.17. The number of ether oxygens (including phenoxy) is 3. The van der Waals surface area contributed by atoms with Crippen LogP contribution in [0.5, 0.6) is 17.2 Å². The fourth-order valence-corrected chi connectivity index (χ4v) is 3.27. The van der Waals surface area contributed by atoms with Crippen LogP contribution in [0, 0.1) is 0 Å². The highest BCUT2D eigenvalue weighted by molar-refractivity contribution is 7.14. The van der Waals surface area contributed by atoms with Gasteiger partial charge in [0.2, 0.25) is 0 Å². The van der Waals surface area contributed by atoms with E-state index in [4.69, 9.17) is 14.2 Å². The summed E-state index contributed by atoms with van der Waals surface area (Å²) in [4.78, 5) is 16.9. The molecule has 1 aromatic heterocycles. The molecular formula is C22H24N2O4S. The lowest BCUT2D eigenvalue weighted by molar-refractivity contribution is -0.122. The molecule has 0 bridgehead atoms. The third kappa shape index (κ3) is 5.71. The molecule has 2 aromatic carbocycles. The second-order valence-corrected chi connectivity index (χ2v) is 7.20. The highest BCUT2D eigenvalue weighted by Crippen LogP contribution is 2.27. The predicted molar refractivity (Wildman–Crippen MR) is 115 cm³/mol. The van der Waals surface area contributed by atoms with Crippen molar-refractivity contribution in [3.05, 3.63) is 53.9 Å². The van der Waals surface area contributed by atoms with Crippen LogP contribution in [0.4, 0.5) is 5.13 Å². The number of carbonyl (C=O) groups excluding carboxylic acids is 1. The van der Waals surface area contributed by atoms with Gasteiger partial charge in [-0.15, -0.1) is 11.3 Å². The Balaban J connectivity index is 1.59. The number of nitrogens with one attached hydrogen (secondary N) is 1. The van der Waals surface area contributed by atoms with Crippen molar-refractivity contribution < 1.29 is 19.0 Å². The summed E-state index contributed by atoms with van der Waals surface area (Å²) < 4.78 is 16.5. The quantitative estimate of drug-likeness (QED) is 0.535. The number of thiazole rings is 1. The number of rotatable bonds is 9. The van der Waals surface area contributed by atoms with E-state index in [0.29, 0.717) is 23.2 Å². The molecule has 0 fully saturated rings. The molecule has 7 heteroatoms. The van der Waals surface area contributed by atoms with Crippen LogP contribution in [0.1, 0.15) is 20.3 Å². The monoisotopic (exact) mass is 412 g/mol. The van der Waals surface area contributed by atoms with Crippen molar-refractivity contribution >= 4 is 22.4 Å². The lowest BCUT2D eigenvalue weighted by atomic mass is 10.2. The Bertz CT molecular complexity index is 940. The molecule has 1 unspecified atom stereocenters. The minimum absolute atomic E-state index is 0.267. The first-order valence-corrected chi connectivity index (χ1v) is 10.3. The van der Waals surface area contributed by atoms with Crippen molar-refractivity contribution in [3.8, 4) is 28.5 Å². The van der Waals surface area contributed by atoms with E-state index in [-0.39, 0.29) is 5.91 Å². The Kier molecular flexibility index (Phi) is 7.08. The van der Waals surface area contributed by atoms with Crippen molar-refractivity contribution in [1.29, 1.82) is 0 Å². The molecule has 29 heavy (non-hydrogen) atoms. The minimum atomic E-state index is -0.676. The average Bonchev–Trinajstić information content (AvgIpc) is 3.21. The Morgan fingerprint density at radius 1 is 1.14 bits per heavy atom. The van der Waals surface area contributed by atoms with Gasteiger partial charge < -0.3 is 14.2 Å². The zero-order chi connectivity index (χ0) is 20.6. The van der Waals surface area contributed by atoms with Crippen LogP contribution >= 0.6 is 11.3 Å². The number of aromatic nitrogens is 1. The number of hydrogen-bond acceptors (Lipinski definition) is 6. The van der Waals surface area contributed by atoms with Gasteiger partial charge in [0.05, 0.1) is 19.4 Å². The highest BCUT2D eigenvalue weighted by atomic mass is 32.1. The molecule has 0 spiro atoms. The van der Waals surface area contributed by atoms with Crippen molar-refractivity contribution in [2.75, 3.05) is 19.0 Å². The van der Waals surface area contributed by atoms with E-state index >= 15 is 0 Å². The summed E-state index contributed by atoms with van der Waals surface area (Å²) in [6, 6.07) is 14.9. The van der Waals surface area contributed by atoms with Crippen molar-refractivity contribution in [2.45, 2.75) is 26.4 Å². The van der Waals surface area contributed by atoms with E-state index in [1.165, 1.54) is 11.3 Å². The largest absolute Gasteiger partial charge is 0.497 e. The first-order chi connectivity index (χ1) is 14.1. The number of hydrogen-bond donors (Lipinski definition) is 1. The number of amides is 1. The molecule has 1 heterocycles. The molecule has 6 nitrogen and oxygen atoms in total. The third-order valence-corrected chi connectivity index (χ3v) is 4.84. The first-order valence-electron chi connectivity index (χ1n) is 9.39. The summed E-state index contributed by atoms with van der Waals surface area (Å²) >= 11 is 1.37. The third-order valence-electron chi connectivity index (χ3n) is 4.08. The van der Waals surface area contributed by atoms with Crippen molar-refractivity contribution in [2.24, 2.45) is 0 Å². The summed E-state index contributed by atoms with van der Waals surface area (Å²) in [7, 11) is 1.58. The Hall–Kier alpha value is -3.06. The van der Waals surface area contributed by atoms with Gasteiger partial charge in [-0.05, 0) is 49.7 Å². The first kappa shape index (κ1) is 20.7. The molecule has 0 saturated carbocycles. The second-order valence-electron chi connectivity index (χ2n) is 6.34. The van der Waals surface area contributed by atoms with E-state index in [9.17, 15) is 4.79 Å². The standard InChI is InChI=1S/C22H24N2O4S/c1-4-12-27-17-10-8-16(9-11-17)20-14-29-22(23-20)24-21(25)15(2)28-19-7-5-6-18(13-19)26-3/h5-11,13-15H,4,12H2,1-3H3,(H,23,24,25). The van der Waals surface area contributed by atoms with Gasteiger partial charge in [0.15, 0.2) is 11.2 Å². The van der Waals surface area contributed by atoms with Crippen LogP contribution in [0.25, 0.3) is 11.3 Å². The van der Waals surface area contributed by atoms with E-state index in [1.54, 1.807) is 26.2 Å². The normalized spacial score (nSPS) is 11.6. The average molecular weight is 413 g/mol. The van der Waals surface area contributed by atoms with Crippen LogP contribution < -0.4 is 19.5 Å². The molecule has 3 aromatic rings. The summed E-state index contributed by atoms with van der Waals surface area (Å²) in [6.07, 6.45) is 0.293. The molecule has 1 amide bonds. The SMILES string of the molecule is CCCOc1ccc(-c2csc(NC(=O)C(C)Oc3cccc(OC)c3)n2)cc1. The van der Waals surface area contributed by atoms with Gasteiger partial charge in [-0.2, -0.15) is 0 Å². The van der Waals surface area contributed by atoms with Crippen molar-refractivity contribution in [3.63, 3.8) is 0 Å². The van der Waals surface area contributed by atoms with E-state index in [1.807, 2.05) is 41.8 Å². The molecule has 3 rings (SSSR count). The maximum absolute atomic E-state index is 12.4. The summed E-state index contributed by atoms with van der Waals surface area (Å²) in [5.41, 5.74) is 1.76. The van der Waals surface area contributed by atoms with E-state index in [0.717, 1.165) is 23.4 Å². The number of benzene rings is 2. The molecular weight excluding hydrogens is 388 g/mol. The van der Waals surface area contributed by atoms with E-state index in [2.05, 4.69) is 17.2 Å². The molecule has 152 valence electrons.